The van der Waals surface area contributed by atoms with Gasteiger partial charge in [-0.05, 0) is 12.8 Å². The van der Waals surface area contributed by atoms with Crippen molar-refractivity contribution in [1.82, 2.24) is 10.2 Å². The van der Waals surface area contributed by atoms with E-state index in [4.69, 9.17) is 4.74 Å². The fraction of sp³-hybridized carbons (Fsp3) is 0.833. The Morgan fingerprint density at radius 1 is 1.28 bits per heavy atom. The Hall–Kier alpha value is -1.30. The number of methoxy groups -OCH3 is 2. The first kappa shape index (κ1) is 14.8. The van der Waals surface area contributed by atoms with Crippen molar-refractivity contribution in [2.45, 2.75) is 32.4 Å². The molecule has 0 saturated carbocycles. The molecule has 0 bridgehead atoms. The van der Waals surface area contributed by atoms with Crippen LogP contribution in [0.3, 0.4) is 0 Å². The van der Waals surface area contributed by atoms with Gasteiger partial charge in [-0.2, -0.15) is 0 Å². The first-order valence-corrected chi connectivity index (χ1v) is 6.01. The smallest absolute Gasteiger partial charge is 0.407 e. The van der Waals surface area contributed by atoms with Gasteiger partial charge in [0, 0.05) is 7.11 Å². The Labute approximate surface area is 108 Å². The average Bonchev–Trinajstić information content (AvgIpc) is 2.30. The van der Waals surface area contributed by atoms with Crippen molar-refractivity contribution in [2.24, 2.45) is 5.92 Å². The summed E-state index contributed by atoms with van der Waals surface area (Å²) in [6, 6.07) is -0.557. The van der Waals surface area contributed by atoms with Gasteiger partial charge in [0.2, 0.25) is 5.91 Å². The van der Waals surface area contributed by atoms with Gasteiger partial charge in [-0.25, -0.2) is 4.79 Å². The summed E-state index contributed by atoms with van der Waals surface area (Å²) in [7, 11) is 2.91. The molecule has 0 unspecified atom stereocenters. The molecule has 1 heterocycles. The Kier molecular flexibility index (Phi) is 4.56. The number of carbonyl (C=O) groups excluding carboxylic acids is 2. The molecule has 1 N–H and O–H groups in total. The molecule has 0 aliphatic carbocycles. The molecule has 104 valence electrons. The topological polar surface area (TPSA) is 67.9 Å². The van der Waals surface area contributed by atoms with E-state index in [0.717, 1.165) is 0 Å². The molecule has 0 aromatic rings. The summed E-state index contributed by atoms with van der Waals surface area (Å²) in [5, 5.41) is 2.57. The predicted octanol–water partition coefficient (Wildman–Crippen LogP) is 0.614. The normalized spacial score (nSPS) is 19.1. The molecular formula is C12H22N2O4. The van der Waals surface area contributed by atoms with Crippen molar-refractivity contribution in [3.8, 4) is 0 Å². The zero-order valence-electron chi connectivity index (χ0n) is 11.6. The van der Waals surface area contributed by atoms with E-state index < -0.39 is 12.1 Å². The lowest BCUT2D eigenvalue weighted by Gasteiger charge is -2.48. The number of amides is 2. The molecule has 1 rings (SSSR count). The second-order valence-electron chi connectivity index (χ2n) is 5.21. The minimum atomic E-state index is -0.586. The number of carbonyl (C=O) groups is 2. The number of nitrogens with one attached hydrogen (secondary N) is 1. The van der Waals surface area contributed by atoms with E-state index in [-0.39, 0.29) is 17.4 Å². The first-order chi connectivity index (χ1) is 8.33. The van der Waals surface area contributed by atoms with Crippen molar-refractivity contribution >= 4 is 12.0 Å². The minimum Gasteiger partial charge on any atom is -0.453 e. The van der Waals surface area contributed by atoms with Gasteiger partial charge in [-0.1, -0.05) is 13.8 Å². The molecule has 6 heteroatoms. The number of rotatable bonds is 4. The maximum absolute atomic E-state index is 12.2. The SMILES string of the molecule is COC(=O)N[C@H](C(=O)N1CC(C)(OC)C1)C(C)C. The van der Waals surface area contributed by atoms with E-state index in [1.807, 2.05) is 20.8 Å². The summed E-state index contributed by atoms with van der Waals surface area (Å²) in [4.78, 5) is 25.1. The van der Waals surface area contributed by atoms with Crippen LogP contribution in [0.1, 0.15) is 20.8 Å². The van der Waals surface area contributed by atoms with E-state index in [9.17, 15) is 9.59 Å². The highest BCUT2D eigenvalue weighted by Gasteiger charge is 2.44. The number of hydrogen-bond acceptors (Lipinski definition) is 4. The minimum absolute atomic E-state index is 0.00556. The molecule has 1 fully saturated rings. The van der Waals surface area contributed by atoms with E-state index in [1.165, 1.54) is 7.11 Å². The Bertz CT molecular complexity index is 324. The molecule has 0 spiro atoms. The van der Waals surface area contributed by atoms with Gasteiger partial charge in [0.05, 0.1) is 25.8 Å². The van der Waals surface area contributed by atoms with Gasteiger partial charge in [0.25, 0.3) is 0 Å². The second kappa shape index (κ2) is 5.56. The van der Waals surface area contributed by atoms with Crippen molar-refractivity contribution in [2.75, 3.05) is 27.3 Å². The number of hydrogen-bond donors (Lipinski definition) is 1. The molecule has 1 atom stereocenters. The number of likely N-dealkylation sites (tertiary alicyclic amines) is 1. The molecule has 6 nitrogen and oxygen atoms in total. The fourth-order valence-corrected chi connectivity index (χ4v) is 1.94. The molecule has 1 aliphatic heterocycles. The van der Waals surface area contributed by atoms with Crippen LogP contribution >= 0.6 is 0 Å². The number of ether oxygens (including phenoxy) is 2. The Morgan fingerprint density at radius 2 is 1.83 bits per heavy atom. The van der Waals surface area contributed by atoms with Crippen LogP contribution < -0.4 is 5.32 Å². The third kappa shape index (κ3) is 3.13. The van der Waals surface area contributed by atoms with E-state index in [1.54, 1.807) is 12.0 Å². The quantitative estimate of drug-likeness (QED) is 0.802. The van der Waals surface area contributed by atoms with Crippen molar-refractivity contribution in [1.29, 1.82) is 0 Å². The van der Waals surface area contributed by atoms with Crippen molar-refractivity contribution < 1.29 is 19.1 Å². The molecular weight excluding hydrogens is 236 g/mol. The van der Waals surface area contributed by atoms with Crippen LogP contribution in [0, 0.1) is 5.92 Å². The van der Waals surface area contributed by atoms with Gasteiger partial charge in [0.15, 0.2) is 0 Å². The van der Waals surface area contributed by atoms with Gasteiger partial charge in [0.1, 0.15) is 6.04 Å². The Morgan fingerprint density at radius 3 is 2.22 bits per heavy atom. The zero-order chi connectivity index (χ0) is 13.9. The van der Waals surface area contributed by atoms with Crippen LogP contribution in [-0.2, 0) is 14.3 Å². The zero-order valence-corrected chi connectivity index (χ0v) is 11.6. The first-order valence-electron chi connectivity index (χ1n) is 6.01. The molecule has 1 aliphatic rings. The predicted molar refractivity (Wildman–Crippen MR) is 66.2 cm³/mol. The Balaban J connectivity index is 2.60. The number of nitrogens with zero attached hydrogens (tertiary/aromatic N) is 1. The van der Waals surface area contributed by atoms with Gasteiger partial charge in [-0.3, -0.25) is 4.79 Å². The highest BCUT2D eigenvalue weighted by atomic mass is 16.5. The van der Waals surface area contributed by atoms with Gasteiger partial charge in [-0.15, -0.1) is 0 Å². The maximum atomic E-state index is 12.2. The average molecular weight is 258 g/mol. The van der Waals surface area contributed by atoms with Crippen LogP contribution in [0.2, 0.25) is 0 Å². The highest BCUT2D eigenvalue weighted by molar-refractivity contribution is 5.86. The van der Waals surface area contributed by atoms with Crippen molar-refractivity contribution in [3.63, 3.8) is 0 Å². The molecule has 0 radical (unpaired) electrons. The lowest BCUT2D eigenvalue weighted by atomic mass is 9.93. The van der Waals surface area contributed by atoms with Gasteiger partial charge >= 0.3 is 6.09 Å². The fourth-order valence-electron chi connectivity index (χ4n) is 1.94. The largest absolute Gasteiger partial charge is 0.453 e. The third-order valence-electron chi connectivity index (χ3n) is 3.25. The molecule has 0 aromatic heterocycles. The van der Waals surface area contributed by atoms with E-state index in [0.29, 0.717) is 13.1 Å². The maximum Gasteiger partial charge on any atom is 0.407 e. The molecule has 2 amide bonds. The third-order valence-corrected chi connectivity index (χ3v) is 3.25. The summed E-state index contributed by atoms with van der Waals surface area (Å²) in [5.74, 6) is -0.0871. The molecule has 18 heavy (non-hydrogen) atoms. The van der Waals surface area contributed by atoms with Crippen LogP contribution in [0.15, 0.2) is 0 Å². The van der Waals surface area contributed by atoms with Crippen molar-refractivity contribution in [3.05, 3.63) is 0 Å². The number of alkyl carbamates (subject to hydrolysis) is 1. The molecule has 1 saturated heterocycles. The van der Waals surface area contributed by atoms with E-state index in [2.05, 4.69) is 10.1 Å². The van der Waals surface area contributed by atoms with E-state index >= 15 is 0 Å². The lowest BCUT2D eigenvalue weighted by molar-refractivity contribution is -0.160. The molecule has 0 aromatic carbocycles. The van der Waals surface area contributed by atoms with Crippen LogP contribution in [0.5, 0.6) is 0 Å². The van der Waals surface area contributed by atoms with Crippen LogP contribution in [-0.4, -0.2) is 55.9 Å². The summed E-state index contributed by atoms with van der Waals surface area (Å²) < 4.78 is 9.82. The second-order valence-corrected chi connectivity index (χ2v) is 5.21. The van der Waals surface area contributed by atoms with Crippen LogP contribution in [0.4, 0.5) is 4.79 Å². The summed E-state index contributed by atoms with van der Waals surface area (Å²) >= 11 is 0. The summed E-state index contributed by atoms with van der Waals surface area (Å²) in [6.07, 6.45) is -0.586. The van der Waals surface area contributed by atoms with Crippen LogP contribution in [0.25, 0.3) is 0 Å². The van der Waals surface area contributed by atoms with Gasteiger partial charge < -0.3 is 19.7 Å². The summed E-state index contributed by atoms with van der Waals surface area (Å²) in [6.45, 7) is 6.82. The lowest BCUT2D eigenvalue weighted by Crippen LogP contribution is -2.66. The standard InChI is InChI=1S/C12H22N2O4/c1-8(2)9(13-11(16)17-4)10(15)14-6-12(3,7-14)18-5/h8-9H,6-7H2,1-5H3,(H,13,16)/t9-/m0/s1. The highest BCUT2D eigenvalue weighted by Crippen LogP contribution is 2.25. The summed E-state index contributed by atoms with van der Waals surface area (Å²) in [5.41, 5.74) is -0.261. The monoisotopic (exact) mass is 258 g/mol.